The summed E-state index contributed by atoms with van der Waals surface area (Å²) in [4.78, 5) is 37.8. The van der Waals surface area contributed by atoms with Gasteiger partial charge in [-0.25, -0.2) is 4.79 Å². The lowest BCUT2D eigenvalue weighted by atomic mass is 10.1. The number of carboxylic acid groups (broad SMARTS) is 1. The number of carboxylic acids is 1. The van der Waals surface area contributed by atoms with Crippen LogP contribution in [0, 0.1) is 6.92 Å². The Kier molecular flexibility index (Phi) is 8.53. The van der Waals surface area contributed by atoms with Gasteiger partial charge in [0.1, 0.15) is 10.4 Å². The van der Waals surface area contributed by atoms with Crippen LogP contribution in [0.2, 0.25) is 0 Å². The van der Waals surface area contributed by atoms with E-state index < -0.39 is 17.9 Å². The van der Waals surface area contributed by atoms with Crippen molar-refractivity contribution in [3.63, 3.8) is 0 Å². The number of carbonyl (C=O) groups excluding carboxylic acids is 2. The molecule has 2 N–H and O–H groups in total. The second-order valence-corrected chi connectivity index (χ2v) is 8.90. The van der Waals surface area contributed by atoms with Crippen LogP contribution in [-0.4, -0.2) is 56.7 Å². The highest BCUT2D eigenvalue weighted by atomic mass is 32.2. The van der Waals surface area contributed by atoms with E-state index in [0.29, 0.717) is 21.4 Å². The zero-order chi connectivity index (χ0) is 20.7. The summed E-state index contributed by atoms with van der Waals surface area (Å²) in [6.07, 6.45) is 4.00. The molecular weight excluding hydrogens is 416 g/mol. The number of benzene rings is 1. The van der Waals surface area contributed by atoms with E-state index in [2.05, 4.69) is 5.32 Å². The number of thiocarbonyl (C=S) groups is 1. The highest BCUT2D eigenvalue weighted by Crippen LogP contribution is 2.32. The maximum absolute atomic E-state index is 12.6. The molecule has 0 aliphatic carbocycles. The Balaban J connectivity index is 1.94. The second-order valence-electron chi connectivity index (χ2n) is 6.23. The number of nitrogens with zero attached hydrogens (tertiary/aromatic N) is 1. The lowest BCUT2D eigenvalue weighted by Crippen LogP contribution is -2.42. The highest BCUT2D eigenvalue weighted by molar-refractivity contribution is 8.26. The average Bonchev–Trinajstić information content (AvgIpc) is 2.91. The number of hydrogen-bond acceptors (Lipinski definition) is 6. The van der Waals surface area contributed by atoms with Crippen LogP contribution in [0.4, 0.5) is 0 Å². The monoisotopic (exact) mass is 438 g/mol. The van der Waals surface area contributed by atoms with Gasteiger partial charge >= 0.3 is 5.97 Å². The molecule has 150 valence electrons. The Labute approximate surface area is 178 Å². The van der Waals surface area contributed by atoms with Crippen LogP contribution in [0.3, 0.4) is 0 Å². The summed E-state index contributed by atoms with van der Waals surface area (Å²) in [5.41, 5.74) is 2.04. The van der Waals surface area contributed by atoms with E-state index in [9.17, 15) is 19.5 Å². The molecule has 28 heavy (non-hydrogen) atoms. The van der Waals surface area contributed by atoms with Crippen LogP contribution in [-0.2, 0) is 14.4 Å². The molecule has 6 nitrogen and oxygen atoms in total. The molecule has 0 radical (unpaired) electrons. The molecule has 0 bridgehead atoms. The molecule has 1 saturated heterocycles. The fourth-order valence-corrected chi connectivity index (χ4v) is 4.26. The van der Waals surface area contributed by atoms with Crippen LogP contribution in [0.15, 0.2) is 29.2 Å². The smallest absolute Gasteiger partial charge is 0.326 e. The van der Waals surface area contributed by atoms with Crippen molar-refractivity contribution in [3.05, 3.63) is 40.3 Å². The Morgan fingerprint density at radius 2 is 2.04 bits per heavy atom. The molecule has 0 aromatic heterocycles. The van der Waals surface area contributed by atoms with Gasteiger partial charge in [0.2, 0.25) is 5.91 Å². The number of thioether (sulfide) groups is 2. The highest BCUT2D eigenvalue weighted by Gasteiger charge is 2.32. The summed E-state index contributed by atoms with van der Waals surface area (Å²) < 4.78 is 0.397. The number of carbonyl (C=O) groups is 3. The predicted molar refractivity (Wildman–Crippen MR) is 118 cm³/mol. The van der Waals surface area contributed by atoms with Crippen molar-refractivity contribution in [1.82, 2.24) is 10.2 Å². The standard InChI is InChI=1S/C19H22N2O4S3/c1-12-3-5-13(6-4-12)11-15-17(23)21(19(26)28-15)9-7-16(22)20-14(18(24)25)8-10-27-2/h3-6,11,14H,7-10H2,1-2H3,(H,20,22)(H,24,25)/b15-11+/t14-/m0/s1. The third-order valence-electron chi connectivity index (χ3n) is 4.06. The third kappa shape index (κ3) is 6.35. The van der Waals surface area contributed by atoms with E-state index in [1.54, 1.807) is 6.08 Å². The van der Waals surface area contributed by atoms with Crippen molar-refractivity contribution >= 4 is 63.9 Å². The van der Waals surface area contributed by atoms with Gasteiger partial charge in [0.05, 0.1) is 4.91 Å². The zero-order valence-electron chi connectivity index (χ0n) is 15.6. The number of rotatable bonds is 9. The van der Waals surface area contributed by atoms with Gasteiger partial charge in [-0.2, -0.15) is 11.8 Å². The van der Waals surface area contributed by atoms with E-state index in [1.165, 1.54) is 28.4 Å². The SMILES string of the molecule is CSCC[C@H](NC(=O)CCN1C(=O)/C(=C\c2ccc(C)cc2)SC1=S)C(=O)O. The summed E-state index contributed by atoms with van der Waals surface area (Å²) in [5.74, 6) is -1.07. The Bertz CT molecular complexity index is 793. The number of nitrogens with one attached hydrogen (secondary N) is 1. The minimum Gasteiger partial charge on any atom is -0.480 e. The van der Waals surface area contributed by atoms with Crippen molar-refractivity contribution < 1.29 is 19.5 Å². The van der Waals surface area contributed by atoms with Crippen LogP contribution in [0.25, 0.3) is 6.08 Å². The molecular formula is C19H22N2O4S3. The minimum absolute atomic E-state index is 0.00665. The third-order valence-corrected chi connectivity index (χ3v) is 6.08. The van der Waals surface area contributed by atoms with E-state index in [0.717, 1.165) is 11.1 Å². The molecule has 1 aliphatic heterocycles. The summed E-state index contributed by atoms with van der Waals surface area (Å²) in [6.45, 7) is 2.11. The molecule has 9 heteroatoms. The van der Waals surface area contributed by atoms with E-state index in [4.69, 9.17) is 12.2 Å². The normalized spacial score (nSPS) is 16.5. The summed E-state index contributed by atoms with van der Waals surface area (Å²) >= 11 is 7.99. The predicted octanol–water partition coefficient (Wildman–Crippen LogP) is 2.91. The maximum Gasteiger partial charge on any atom is 0.326 e. The topological polar surface area (TPSA) is 86.7 Å². The zero-order valence-corrected chi connectivity index (χ0v) is 18.1. The number of amides is 2. The molecule has 1 atom stereocenters. The first kappa shape index (κ1) is 22.4. The summed E-state index contributed by atoms with van der Waals surface area (Å²) in [5, 5.41) is 11.7. The summed E-state index contributed by atoms with van der Waals surface area (Å²) in [7, 11) is 0. The number of aryl methyl sites for hydroxylation is 1. The lowest BCUT2D eigenvalue weighted by Gasteiger charge is -2.17. The fourth-order valence-electron chi connectivity index (χ4n) is 2.48. The largest absolute Gasteiger partial charge is 0.480 e. The minimum atomic E-state index is -1.06. The van der Waals surface area contributed by atoms with Crippen molar-refractivity contribution in [2.45, 2.75) is 25.8 Å². The van der Waals surface area contributed by atoms with Crippen LogP contribution in [0.1, 0.15) is 24.0 Å². The quantitative estimate of drug-likeness (QED) is 0.453. The first-order valence-electron chi connectivity index (χ1n) is 8.65. The van der Waals surface area contributed by atoms with Gasteiger partial charge in [-0.15, -0.1) is 0 Å². The second kappa shape index (κ2) is 10.6. The number of aliphatic carboxylic acids is 1. The Morgan fingerprint density at radius 3 is 2.64 bits per heavy atom. The molecule has 0 saturated carbocycles. The molecule has 0 unspecified atom stereocenters. The van der Waals surface area contributed by atoms with E-state index in [-0.39, 0.29) is 18.9 Å². The molecule has 2 rings (SSSR count). The molecule has 0 spiro atoms. The maximum atomic E-state index is 12.6. The molecule has 1 heterocycles. The molecule has 1 aromatic rings. The first-order valence-corrected chi connectivity index (χ1v) is 11.3. The Morgan fingerprint density at radius 1 is 1.36 bits per heavy atom. The average molecular weight is 439 g/mol. The van der Waals surface area contributed by atoms with Crippen LogP contribution < -0.4 is 5.32 Å². The fraction of sp³-hybridized carbons (Fsp3) is 0.368. The van der Waals surface area contributed by atoms with Crippen LogP contribution >= 0.6 is 35.7 Å². The number of hydrogen-bond donors (Lipinski definition) is 2. The molecule has 2 amide bonds. The van der Waals surface area contributed by atoms with Crippen molar-refractivity contribution in [3.8, 4) is 0 Å². The van der Waals surface area contributed by atoms with E-state index in [1.807, 2.05) is 37.4 Å². The van der Waals surface area contributed by atoms with Gasteiger partial charge in [0, 0.05) is 13.0 Å². The molecule has 1 aromatic carbocycles. The van der Waals surface area contributed by atoms with E-state index >= 15 is 0 Å². The van der Waals surface area contributed by atoms with Gasteiger partial charge in [-0.1, -0.05) is 53.8 Å². The van der Waals surface area contributed by atoms with Gasteiger partial charge in [-0.3, -0.25) is 14.5 Å². The van der Waals surface area contributed by atoms with Gasteiger partial charge in [0.25, 0.3) is 5.91 Å². The summed E-state index contributed by atoms with van der Waals surface area (Å²) in [6, 6.07) is 6.86. The Hall–Kier alpha value is -1.84. The van der Waals surface area contributed by atoms with Crippen molar-refractivity contribution in [2.24, 2.45) is 0 Å². The van der Waals surface area contributed by atoms with Crippen molar-refractivity contribution in [1.29, 1.82) is 0 Å². The molecule has 1 fully saturated rings. The van der Waals surface area contributed by atoms with Gasteiger partial charge in [-0.05, 0) is 37.0 Å². The van der Waals surface area contributed by atoms with Gasteiger partial charge < -0.3 is 10.4 Å². The lowest BCUT2D eigenvalue weighted by molar-refractivity contribution is -0.142. The van der Waals surface area contributed by atoms with Gasteiger partial charge in [0.15, 0.2) is 0 Å². The molecule has 1 aliphatic rings. The first-order chi connectivity index (χ1) is 13.3. The van der Waals surface area contributed by atoms with Crippen LogP contribution in [0.5, 0.6) is 0 Å². The van der Waals surface area contributed by atoms with Crippen molar-refractivity contribution in [2.75, 3.05) is 18.6 Å².